The molecule has 1 aromatic heterocycles. The Morgan fingerprint density at radius 2 is 2.12 bits per heavy atom. The molecular formula is C12H22ClN3. The lowest BCUT2D eigenvalue weighted by molar-refractivity contribution is 0.437. The lowest BCUT2D eigenvalue weighted by Gasteiger charge is -2.19. The fourth-order valence-electron chi connectivity index (χ4n) is 1.89. The highest BCUT2D eigenvalue weighted by Crippen LogP contribution is 2.27. The van der Waals surface area contributed by atoms with Gasteiger partial charge < -0.3 is 5.32 Å². The standard InChI is InChI=1S/C12H22ClN3/c1-5-16-12(10(13)8-15-16)11(14-4)7-6-9(2)3/h8-9,11,14H,5-7H2,1-4H3. The van der Waals surface area contributed by atoms with E-state index in [0.717, 1.165) is 23.7 Å². The number of halogens is 1. The number of aromatic nitrogens is 2. The smallest absolute Gasteiger partial charge is 0.0834 e. The van der Waals surface area contributed by atoms with Gasteiger partial charge in [0, 0.05) is 6.54 Å². The molecule has 0 saturated carbocycles. The van der Waals surface area contributed by atoms with Gasteiger partial charge in [0.1, 0.15) is 0 Å². The third-order valence-electron chi connectivity index (χ3n) is 2.84. The van der Waals surface area contributed by atoms with Crippen LogP contribution >= 0.6 is 11.6 Å². The van der Waals surface area contributed by atoms with Crippen molar-refractivity contribution in [1.82, 2.24) is 15.1 Å². The average molecular weight is 244 g/mol. The molecule has 0 aliphatic carbocycles. The summed E-state index contributed by atoms with van der Waals surface area (Å²) in [5, 5.41) is 8.37. The van der Waals surface area contributed by atoms with Crippen molar-refractivity contribution in [2.75, 3.05) is 7.05 Å². The number of rotatable bonds is 6. The molecule has 0 bridgehead atoms. The minimum Gasteiger partial charge on any atom is -0.312 e. The molecule has 16 heavy (non-hydrogen) atoms. The van der Waals surface area contributed by atoms with E-state index in [2.05, 4.69) is 31.2 Å². The van der Waals surface area contributed by atoms with E-state index in [1.807, 2.05) is 11.7 Å². The second-order valence-corrected chi connectivity index (χ2v) is 4.91. The summed E-state index contributed by atoms with van der Waals surface area (Å²) in [5.74, 6) is 0.715. The summed E-state index contributed by atoms with van der Waals surface area (Å²) >= 11 is 6.19. The zero-order valence-electron chi connectivity index (χ0n) is 10.6. The summed E-state index contributed by atoms with van der Waals surface area (Å²) in [6.07, 6.45) is 4.02. The van der Waals surface area contributed by atoms with Crippen LogP contribution < -0.4 is 5.32 Å². The van der Waals surface area contributed by atoms with Crippen LogP contribution in [0.1, 0.15) is 45.3 Å². The van der Waals surface area contributed by atoms with E-state index < -0.39 is 0 Å². The maximum Gasteiger partial charge on any atom is 0.0834 e. The lowest BCUT2D eigenvalue weighted by atomic mass is 10.0. The Morgan fingerprint density at radius 3 is 2.62 bits per heavy atom. The Balaban J connectivity index is 2.81. The Morgan fingerprint density at radius 1 is 1.44 bits per heavy atom. The van der Waals surface area contributed by atoms with Gasteiger partial charge in [-0.1, -0.05) is 25.4 Å². The first-order valence-electron chi connectivity index (χ1n) is 5.98. The second-order valence-electron chi connectivity index (χ2n) is 4.51. The molecule has 0 radical (unpaired) electrons. The van der Waals surface area contributed by atoms with E-state index in [9.17, 15) is 0 Å². The van der Waals surface area contributed by atoms with E-state index >= 15 is 0 Å². The third kappa shape index (κ3) is 3.22. The first-order chi connectivity index (χ1) is 7.60. The topological polar surface area (TPSA) is 29.9 Å². The Bertz CT molecular complexity index is 320. The molecule has 1 rings (SSSR count). The minimum atomic E-state index is 0.303. The van der Waals surface area contributed by atoms with Crippen LogP contribution in [-0.2, 0) is 6.54 Å². The second kappa shape index (κ2) is 6.26. The van der Waals surface area contributed by atoms with Gasteiger partial charge in [0.25, 0.3) is 0 Å². The van der Waals surface area contributed by atoms with Crippen molar-refractivity contribution in [3.05, 3.63) is 16.9 Å². The first-order valence-corrected chi connectivity index (χ1v) is 6.36. The monoisotopic (exact) mass is 243 g/mol. The maximum absolute atomic E-state index is 6.19. The Kier molecular flexibility index (Phi) is 5.29. The molecule has 4 heteroatoms. The number of hydrogen-bond donors (Lipinski definition) is 1. The largest absolute Gasteiger partial charge is 0.312 e. The van der Waals surface area contributed by atoms with Crippen molar-refractivity contribution < 1.29 is 0 Å². The SMILES string of the molecule is CCn1ncc(Cl)c1C(CCC(C)C)NC. The molecule has 0 spiro atoms. The van der Waals surface area contributed by atoms with Gasteiger partial charge in [-0.15, -0.1) is 0 Å². The van der Waals surface area contributed by atoms with Crippen molar-refractivity contribution in [2.45, 2.75) is 46.2 Å². The molecule has 1 heterocycles. The average Bonchev–Trinajstić information content (AvgIpc) is 2.61. The normalized spacial score (nSPS) is 13.4. The molecule has 0 aliphatic heterocycles. The molecule has 1 atom stereocenters. The van der Waals surface area contributed by atoms with Crippen LogP contribution in [-0.4, -0.2) is 16.8 Å². The molecule has 0 aromatic carbocycles. The van der Waals surface area contributed by atoms with Crippen molar-refractivity contribution in [3.63, 3.8) is 0 Å². The highest BCUT2D eigenvalue weighted by Gasteiger charge is 2.18. The zero-order chi connectivity index (χ0) is 12.1. The molecule has 0 amide bonds. The van der Waals surface area contributed by atoms with Gasteiger partial charge in [0.2, 0.25) is 0 Å². The molecule has 1 N–H and O–H groups in total. The van der Waals surface area contributed by atoms with Crippen molar-refractivity contribution in [3.8, 4) is 0 Å². The van der Waals surface area contributed by atoms with Gasteiger partial charge in [-0.2, -0.15) is 5.10 Å². The molecule has 1 unspecified atom stereocenters. The fraction of sp³-hybridized carbons (Fsp3) is 0.750. The van der Waals surface area contributed by atoms with Crippen LogP contribution in [0.4, 0.5) is 0 Å². The molecule has 0 aliphatic rings. The molecular weight excluding hydrogens is 222 g/mol. The zero-order valence-corrected chi connectivity index (χ0v) is 11.4. The van der Waals surface area contributed by atoms with Crippen molar-refractivity contribution in [2.24, 2.45) is 5.92 Å². The van der Waals surface area contributed by atoms with Crippen LogP contribution in [0.15, 0.2) is 6.20 Å². The van der Waals surface area contributed by atoms with Crippen LogP contribution in [0.3, 0.4) is 0 Å². The molecule has 3 nitrogen and oxygen atoms in total. The summed E-state index contributed by atoms with van der Waals surface area (Å²) in [6, 6.07) is 0.303. The summed E-state index contributed by atoms with van der Waals surface area (Å²) in [7, 11) is 1.98. The van der Waals surface area contributed by atoms with Crippen LogP contribution in [0.5, 0.6) is 0 Å². The van der Waals surface area contributed by atoms with Gasteiger partial charge in [-0.25, -0.2) is 0 Å². The predicted octanol–water partition coefficient (Wildman–Crippen LogP) is 3.25. The summed E-state index contributed by atoms with van der Waals surface area (Å²) in [6.45, 7) is 7.43. The van der Waals surface area contributed by atoms with Crippen LogP contribution in [0.25, 0.3) is 0 Å². The van der Waals surface area contributed by atoms with Crippen LogP contribution in [0, 0.1) is 5.92 Å². The number of nitrogens with one attached hydrogen (secondary N) is 1. The van der Waals surface area contributed by atoms with E-state index in [-0.39, 0.29) is 0 Å². The van der Waals surface area contributed by atoms with Crippen LogP contribution in [0.2, 0.25) is 5.02 Å². The molecule has 1 aromatic rings. The lowest BCUT2D eigenvalue weighted by Crippen LogP contribution is -2.21. The molecule has 0 saturated heterocycles. The first kappa shape index (κ1) is 13.5. The van der Waals surface area contributed by atoms with E-state index in [0.29, 0.717) is 12.0 Å². The van der Waals surface area contributed by atoms with Gasteiger partial charge in [-0.05, 0) is 32.7 Å². The summed E-state index contributed by atoms with van der Waals surface area (Å²) in [4.78, 5) is 0. The van der Waals surface area contributed by atoms with Gasteiger partial charge in [-0.3, -0.25) is 4.68 Å². The van der Waals surface area contributed by atoms with Crippen molar-refractivity contribution in [1.29, 1.82) is 0 Å². The minimum absolute atomic E-state index is 0.303. The number of aryl methyl sites for hydroxylation is 1. The van der Waals surface area contributed by atoms with Gasteiger partial charge >= 0.3 is 0 Å². The highest BCUT2D eigenvalue weighted by molar-refractivity contribution is 6.31. The van der Waals surface area contributed by atoms with Gasteiger partial charge in [0.05, 0.1) is 23.0 Å². The van der Waals surface area contributed by atoms with Crippen molar-refractivity contribution >= 4 is 11.6 Å². The number of hydrogen-bond acceptors (Lipinski definition) is 2. The quantitative estimate of drug-likeness (QED) is 0.831. The Labute approximate surface area is 103 Å². The maximum atomic E-state index is 6.19. The third-order valence-corrected chi connectivity index (χ3v) is 3.14. The highest BCUT2D eigenvalue weighted by atomic mass is 35.5. The van der Waals surface area contributed by atoms with Gasteiger partial charge in [0.15, 0.2) is 0 Å². The number of nitrogens with zero attached hydrogens (tertiary/aromatic N) is 2. The summed E-state index contributed by atoms with van der Waals surface area (Å²) < 4.78 is 1.98. The van der Waals surface area contributed by atoms with E-state index in [4.69, 9.17) is 11.6 Å². The molecule has 0 fully saturated rings. The Hall–Kier alpha value is -0.540. The predicted molar refractivity (Wildman–Crippen MR) is 68.8 cm³/mol. The van der Waals surface area contributed by atoms with E-state index in [1.54, 1.807) is 6.20 Å². The van der Waals surface area contributed by atoms with E-state index in [1.165, 1.54) is 6.42 Å². The fourth-order valence-corrected chi connectivity index (χ4v) is 2.16. The summed E-state index contributed by atoms with van der Waals surface area (Å²) in [5.41, 5.74) is 1.12. The molecule has 92 valence electrons.